The average molecular weight is 278 g/mol. The van der Waals surface area contributed by atoms with E-state index in [0.29, 0.717) is 5.75 Å². The number of nitrogens with one attached hydrogen (secondary N) is 2. The molecule has 0 radical (unpaired) electrons. The zero-order valence-electron chi connectivity index (χ0n) is 11.1. The Labute approximate surface area is 119 Å². The van der Waals surface area contributed by atoms with Crippen LogP contribution in [-0.4, -0.2) is 35.5 Å². The van der Waals surface area contributed by atoms with Gasteiger partial charge in [0, 0.05) is 22.9 Å². The molecule has 1 aliphatic rings. The molecule has 1 fully saturated rings. The van der Waals surface area contributed by atoms with Gasteiger partial charge in [0.2, 0.25) is 0 Å². The van der Waals surface area contributed by atoms with E-state index in [0.717, 1.165) is 19.0 Å². The molecule has 4 heteroatoms. The van der Waals surface area contributed by atoms with E-state index >= 15 is 0 Å². The molecule has 1 saturated heterocycles. The SMILES string of the molecule is OCCS.c1ccc2c(C3CCNCC3)c[nH]c2c1. The number of aromatic nitrogens is 1. The first-order valence-corrected chi connectivity index (χ1v) is 7.48. The summed E-state index contributed by atoms with van der Waals surface area (Å²) in [7, 11) is 0. The normalized spacial score (nSPS) is 16.1. The van der Waals surface area contributed by atoms with Gasteiger partial charge in [-0.1, -0.05) is 18.2 Å². The number of hydrogen-bond donors (Lipinski definition) is 4. The van der Waals surface area contributed by atoms with Gasteiger partial charge in [0.25, 0.3) is 0 Å². The van der Waals surface area contributed by atoms with Gasteiger partial charge in [0.05, 0.1) is 6.61 Å². The number of para-hydroxylation sites is 1. The third-order valence-corrected chi connectivity index (χ3v) is 3.70. The van der Waals surface area contributed by atoms with Crippen molar-refractivity contribution in [1.82, 2.24) is 10.3 Å². The fourth-order valence-electron chi connectivity index (χ4n) is 2.56. The quantitative estimate of drug-likeness (QED) is 0.638. The fraction of sp³-hybridized carbons (Fsp3) is 0.467. The molecule has 19 heavy (non-hydrogen) atoms. The topological polar surface area (TPSA) is 48.0 Å². The number of H-pyrrole nitrogens is 1. The Morgan fingerprint density at radius 3 is 2.58 bits per heavy atom. The number of rotatable bonds is 2. The van der Waals surface area contributed by atoms with Crippen LogP contribution in [-0.2, 0) is 0 Å². The number of aromatic amines is 1. The molecule has 0 unspecified atom stereocenters. The Morgan fingerprint density at radius 1 is 1.21 bits per heavy atom. The Bertz CT molecular complexity index is 490. The molecule has 1 aliphatic heterocycles. The first kappa shape index (κ1) is 14.4. The lowest BCUT2D eigenvalue weighted by atomic mass is 9.90. The summed E-state index contributed by atoms with van der Waals surface area (Å²) in [6.45, 7) is 2.50. The first-order chi connectivity index (χ1) is 9.36. The zero-order chi connectivity index (χ0) is 13.5. The molecule has 0 amide bonds. The van der Waals surface area contributed by atoms with Crippen molar-refractivity contribution in [3.05, 3.63) is 36.0 Å². The molecule has 1 aromatic heterocycles. The van der Waals surface area contributed by atoms with Crippen molar-refractivity contribution in [2.75, 3.05) is 25.4 Å². The van der Waals surface area contributed by atoms with Crippen LogP contribution in [0.5, 0.6) is 0 Å². The molecular weight excluding hydrogens is 256 g/mol. The van der Waals surface area contributed by atoms with Crippen molar-refractivity contribution in [3.8, 4) is 0 Å². The van der Waals surface area contributed by atoms with E-state index in [-0.39, 0.29) is 6.61 Å². The summed E-state index contributed by atoms with van der Waals surface area (Å²) in [6, 6.07) is 8.59. The number of fused-ring (bicyclic) bond motifs is 1. The van der Waals surface area contributed by atoms with E-state index in [1.54, 1.807) is 0 Å². The van der Waals surface area contributed by atoms with Crippen molar-refractivity contribution >= 4 is 23.5 Å². The predicted molar refractivity (Wildman–Crippen MR) is 84.1 cm³/mol. The van der Waals surface area contributed by atoms with Crippen molar-refractivity contribution in [2.45, 2.75) is 18.8 Å². The second-order valence-corrected chi connectivity index (χ2v) is 5.21. The third kappa shape index (κ3) is 3.75. The van der Waals surface area contributed by atoms with E-state index in [2.05, 4.69) is 53.4 Å². The van der Waals surface area contributed by atoms with Crippen LogP contribution in [0.2, 0.25) is 0 Å². The molecule has 0 spiro atoms. The molecule has 3 rings (SSSR count). The maximum atomic E-state index is 7.80. The van der Waals surface area contributed by atoms with Crippen LogP contribution in [0.25, 0.3) is 10.9 Å². The highest BCUT2D eigenvalue weighted by Gasteiger charge is 2.17. The van der Waals surface area contributed by atoms with Gasteiger partial charge in [-0.05, 0) is 43.5 Å². The molecule has 3 nitrogen and oxygen atoms in total. The van der Waals surface area contributed by atoms with Crippen molar-refractivity contribution in [2.24, 2.45) is 0 Å². The molecule has 0 saturated carbocycles. The lowest BCUT2D eigenvalue weighted by Crippen LogP contribution is -2.26. The monoisotopic (exact) mass is 278 g/mol. The minimum Gasteiger partial charge on any atom is -0.396 e. The van der Waals surface area contributed by atoms with Crippen LogP contribution in [0.1, 0.15) is 24.3 Å². The molecule has 3 N–H and O–H groups in total. The Kier molecular flexibility index (Phi) is 5.76. The largest absolute Gasteiger partial charge is 0.396 e. The molecule has 0 atom stereocenters. The Morgan fingerprint density at radius 2 is 1.89 bits per heavy atom. The van der Waals surface area contributed by atoms with E-state index in [9.17, 15) is 0 Å². The molecule has 104 valence electrons. The summed E-state index contributed by atoms with van der Waals surface area (Å²) < 4.78 is 0. The van der Waals surface area contributed by atoms with Crippen LogP contribution in [0, 0.1) is 0 Å². The number of thiol groups is 1. The number of hydrogen-bond acceptors (Lipinski definition) is 3. The molecular formula is C15H22N2OS. The van der Waals surface area contributed by atoms with Gasteiger partial charge < -0.3 is 15.4 Å². The summed E-state index contributed by atoms with van der Waals surface area (Å²) >= 11 is 3.67. The van der Waals surface area contributed by atoms with Gasteiger partial charge in [0.15, 0.2) is 0 Å². The lowest BCUT2D eigenvalue weighted by Gasteiger charge is -2.22. The third-order valence-electron chi connectivity index (χ3n) is 3.50. The second kappa shape index (κ2) is 7.58. The zero-order valence-corrected chi connectivity index (χ0v) is 12.0. The molecule has 2 aromatic rings. The van der Waals surface area contributed by atoms with E-state index < -0.39 is 0 Å². The first-order valence-electron chi connectivity index (χ1n) is 6.85. The Balaban J connectivity index is 0.000000297. The maximum absolute atomic E-state index is 7.80. The van der Waals surface area contributed by atoms with Crippen LogP contribution in [0.15, 0.2) is 30.5 Å². The number of aliphatic hydroxyl groups excluding tert-OH is 1. The number of piperidine rings is 1. The Hall–Kier alpha value is -0.970. The summed E-state index contributed by atoms with van der Waals surface area (Å²) in [5.41, 5.74) is 2.78. The summed E-state index contributed by atoms with van der Waals surface area (Å²) in [5.74, 6) is 1.31. The van der Waals surface area contributed by atoms with Gasteiger partial charge >= 0.3 is 0 Å². The standard InChI is InChI=1S/C13H16N2.C2H6OS/c1-2-4-13-11(3-1)12(9-15-13)10-5-7-14-8-6-10;3-1-2-4/h1-4,9-10,14-15H,5-8H2;3-4H,1-2H2. The molecule has 2 heterocycles. The second-order valence-electron chi connectivity index (χ2n) is 4.76. The average Bonchev–Trinajstić information content (AvgIpc) is 2.92. The van der Waals surface area contributed by atoms with E-state index in [1.165, 1.54) is 29.3 Å². The fourth-order valence-corrected chi connectivity index (χ4v) is 2.56. The summed E-state index contributed by atoms with van der Waals surface area (Å²) in [5, 5.41) is 12.6. The summed E-state index contributed by atoms with van der Waals surface area (Å²) in [4.78, 5) is 3.37. The highest BCUT2D eigenvalue weighted by molar-refractivity contribution is 7.80. The number of aliphatic hydroxyl groups is 1. The van der Waals surface area contributed by atoms with Crippen LogP contribution >= 0.6 is 12.6 Å². The highest BCUT2D eigenvalue weighted by atomic mass is 32.1. The van der Waals surface area contributed by atoms with E-state index in [4.69, 9.17) is 5.11 Å². The van der Waals surface area contributed by atoms with Crippen LogP contribution in [0.4, 0.5) is 0 Å². The van der Waals surface area contributed by atoms with Crippen molar-refractivity contribution in [1.29, 1.82) is 0 Å². The minimum atomic E-state index is 0.184. The van der Waals surface area contributed by atoms with Gasteiger partial charge in [-0.3, -0.25) is 0 Å². The highest BCUT2D eigenvalue weighted by Crippen LogP contribution is 2.30. The van der Waals surface area contributed by atoms with E-state index in [1.807, 2.05) is 0 Å². The van der Waals surface area contributed by atoms with Gasteiger partial charge in [-0.2, -0.15) is 12.6 Å². The molecule has 1 aromatic carbocycles. The maximum Gasteiger partial charge on any atom is 0.0519 e. The van der Waals surface area contributed by atoms with Crippen molar-refractivity contribution < 1.29 is 5.11 Å². The predicted octanol–water partition coefficient (Wildman–Crippen LogP) is 2.54. The van der Waals surface area contributed by atoms with Crippen LogP contribution in [0.3, 0.4) is 0 Å². The van der Waals surface area contributed by atoms with Gasteiger partial charge in [-0.15, -0.1) is 0 Å². The minimum absolute atomic E-state index is 0.184. The van der Waals surface area contributed by atoms with Gasteiger partial charge in [0.1, 0.15) is 0 Å². The molecule has 0 bridgehead atoms. The number of benzene rings is 1. The van der Waals surface area contributed by atoms with Crippen molar-refractivity contribution in [3.63, 3.8) is 0 Å². The van der Waals surface area contributed by atoms with Crippen LogP contribution < -0.4 is 5.32 Å². The van der Waals surface area contributed by atoms with Gasteiger partial charge in [-0.25, -0.2) is 0 Å². The smallest absolute Gasteiger partial charge is 0.0519 e. The summed E-state index contributed by atoms with van der Waals surface area (Å²) in [6.07, 6.45) is 4.73. The lowest BCUT2D eigenvalue weighted by molar-refractivity contribution is 0.323. The molecule has 0 aliphatic carbocycles.